The molecule has 2 amide bonds. The quantitative estimate of drug-likeness (QED) is 0.432. The highest BCUT2D eigenvalue weighted by atomic mass is 35.5. The van der Waals surface area contributed by atoms with Gasteiger partial charge in [-0.05, 0) is 54.6 Å². The van der Waals surface area contributed by atoms with Crippen LogP contribution in [0.4, 0.5) is 4.39 Å². The highest BCUT2D eigenvalue weighted by molar-refractivity contribution is 6.30. The molecule has 2 aromatic carbocycles. The summed E-state index contributed by atoms with van der Waals surface area (Å²) in [5, 5.41) is 5.10. The standard InChI is InChI=1S/C25H20ClFN4O3/c26-18-3-1-4-20(15-18)31-22(23-5-2-14-34-23)16-21(28-31)25(33)30-12-10-29(11-13-30)24(32)17-6-8-19(27)9-7-17/h1-9,14-16H,10-13H2. The lowest BCUT2D eigenvalue weighted by Gasteiger charge is -2.34. The number of benzene rings is 2. The van der Waals surface area contributed by atoms with Crippen LogP contribution in [-0.2, 0) is 0 Å². The average molecular weight is 479 g/mol. The normalized spacial score (nSPS) is 13.8. The molecule has 2 aromatic heterocycles. The number of rotatable bonds is 4. The van der Waals surface area contributed by atoms with Crippen LogP contribution in [0.25, 0.3) is 17.1 Å². The molecule has 34 heavy (non-hydrogen) atoms. The fourth-order valence-electron chi connectivity index (χ4n) is 3.94. The van der Waals surface area contributed by atoms with E-state index in [1.165, 1.54) is 24.3 Å². The molecule has 0 radical (unpaired) electrons. The second-order valence-electron chi connectivity index (χ2n) is 7.88. The molecular formula is C25H20ClFN4O3. The van der Waals surface area contributed by atoms with Gasteiger partial charge in [0.2, 0.25) is 0 Å². The summed E-state index contributed by atoms with van der Waals surface area (Å²) in [5.74, 6) is -0.237. The summed E-state index contributed by atoms with van der Waals surface area (Å²) in [5.41, 5.74) is 2.02. The van der Waals surface area contributed by atoms with Gasteiger partial charge in [-0.3, -0.25) is 9.59 Å². The molecule has 0 bridgehead atoms. The molecule has 0 spiro atoms. The Labute approximate surface area is 199 Å². The smallest absolute Gasteiger partial charge is 0.274 e. The van der Waals surface area contributed by atoms with Crippen LogP contribution in [0.15, 0.2) is 77.4 Å². The highest BCUT2D eigenvalue weighted by Gasteiger charge is 2.28. The van der Waals surface area contributed by atoms with E-state index in [4.69, 9.17) is 16.0 Å². The highest BCUT2D eigenvalue weighted by Crippen LogP contribution is 2.26. The van der Waals surface area contributed by atoms with Crippen molar-refractivity contribution in [3.8, 4) is 17.1 Å². The molecule has 7 nitrogen and oxygen atoms in total. The molecular weight excluding hydrogens is 459 g/mol. The van der Waals surface area contributed by atoms with Crippen LogP contribution in [-0.4, -0.2) is 57.6 Å². The van der Waals surface area contributed by atoms with Crippen LogP contribution in [0.3, 0.4) is 0 Å². The Kier molecular flexibility index (Phi) is 5.90. The van der Waals surface area contributed by atoms with E-state index < -0.39 is 5.82 Å². The lowest BCUT2D eigenvalue weighted by atomic mass is 10.1. The second-order valence-corrected chi connectivity index (χ2v) is 8.31. The predicted octanol–water partition coefficient (Wildman–Crippen LogP) is 4.52. The first-order chi connectivity index (χ1) is 16.5. The third-order valence-electron chi connectivity index (χ3n) is 5.70. The van der Waals surface area contributed by atoms with E-state index >= 15 is 0 Å². The van der Waals surface area contributed by atoms with E-state index in [9.17, 15) is 14.0 Å². The van der Waals surface area contributed by atoms with Crippen LogP contribution in [0.5, 0.6) is 0 Å². The van der Waals surface area contributed by atoms with Crippen LogP contribution in [0.2, 0.25) is 5.02 Å². The fourth-order valence-corrected chi connectivity index (χ4v) is 4.12. The summed E-state index contributed by atoms with van der Waals surface area (Å²) in [7, 11) is 0. The minimum absolute atomic E-state index is 0.183. The van der Waals surface area contributed by atoms with Gasteiger partial charge in [-0.2, -0.15) is 5.10 Å². The molecule has 1 saturated heterocycles. The molecule has 0 unspecified atom stereocenters. The number of carbonyl (C=O) groups excluding carboxylic acids is 2. The minimum Gasteiger partial charge on any atom is -0.463 e. The van der Waals surface area contributed by atoms with Gasteiger partial charge in [0.15, 0.2) is 11.5 Å². The molecule has 9 heteroatoms. The average Bonchev–Trinajstić information content (AvgIpc) is 3.54. The molecule has 0 saturated carbocycles. The Morgan fingerprint density at radius 1 is 0.882 bits per heavy atom. The summed E-state index contributed by atoms with van der Waals surface area (Å²) in [6.45, 7) is 1.49. The molecule has 3 heterocycles. The van der Waals surface area contributed by atoms with E-state index in [1.54, 1.807) is 51.1 Å². The molecule has 1 aliphatic rings. The van der Waals surface area contributed by atoms with E-state index in [0.717, 1.165) is 0 Å². The lowest BCUT2D eigenvalue weighted by Crippen LogP contribution is -2.50. The molecule has 1 aliphatic heterocycles. The van der Waals surface area contributed by atoms with Crippen molar-refractivity contribution in [3.05, 3.63) is 95.1 Å². The maximum atomic E-state index is 13.3. The Morgan fingerprint density at radius 2 is 1.59 bits per heavy atom. The Morgan fingerprint density at radius 3 is 2.24 bits per heavy atom. The van der Waals surface area contributed by atoms with Crippen LogP contribution in [0.1, 0.15) is 20.8 Å². The molecule has 0 N–H and O–H groups in total. The van der Waals surface area contributed by atoms with Crippen LogP contribution < -0.4 is 0 Å². The number of nitrogens with zero attached hydrogens (tertiary/aromatic N) is 4. The van der Waals surface area contributed by atoms with Crippen molar-refractivity contribution in [1.29, 1.82) is 0 Å². The Hall–Kier alpha value is -3.91. The lowest BCUT2D eigenvalue weighted by molar-refractivity contribution is 0.0532. The van der Waals surface area contributed by atoms with Gasteiger partial charge in [0.25, 0.3) is 11.8 Å². The zero-order chi connectivity index (χ0) is 23.7. The van der Waals surface area contributed by atoms with E-state index in [1.807, 2.05) is 12.1 Å². The van der Waals surface area contributed by atoms with Gasteiger partial charge in [-0.1, -0.05) is 17.7 Å². The summed E-state index contributed by atoms with van der Waals surface area (Å²) in [6.07, 6.45) is 1.56. The fraction of sp³-hybridized carbons (Fsp3) is 0.160. The number of carbonyl (C=O) groups is 2. The molecule has 0 atom stereocenters. The third-order valence-corrected chi connectivity index (χ3v) is 5.94. The van der Waals surface area contributed by atoms with Gasteiger partial charge in [0.1, 0.15) is 11.5 Å². The Balaban J connectivity index is 1.35. The maximum absolute atomic E-state index is 13.3. The first-order valence-electron chi connectivity index (χ1n) is 10.7. The zero-order valence-electron chi connectivity index (χ0n) is 18.0. The van der Waals surface area contributed by atoms with Crippen molar-refractivity contribution < 1.29 is 18.4 Å². The van der Waals surface area contributed by atoms with Gasteiger partial charge in [0.05, 0.1) is 12.0 Å². The monoisotopic (exact) mass is 478 g/mol. The summed E-state index contributed by atoms with van der Waals surface area (Å²) >= 11 is 6.16. The maximum Gasteiger partial charge on any atom is 0.274 e. The topological polar surface area (TPSA) is 71.6 Å². The van der Waals surface area contributed by atoms with E-state index in [-0.39, 0.29) is 17.5 Å². The minimum atomic E-state index is -0.391. The van der Waals surface area contributed by atoms with Gasteiger partial charge in [0, 0.05) is 42.8 Å². The SMILES string of the molecule is O=C(c1ccc(F)cc1)N1CCN(C(=O)c2cc(-c3ccco3)n(-c3cccc(Cl)c3)n2)CC1. The molecule has 4 aromatic rings. The number of amides is 2. The van der Waals surface area contributed by atoms with Crippen LogP contribution >= 0.6 is 11.6 Å². The van der Waals surface area contributed by atoms with Crippen LogP contribution in [0, 0.1) is 5.82 Å². The van der Waals surface area contributed by atoms with Gasteiger partial charge < -0.3 is 14.2 Å². The summed E-state index contributed by atoms with van der Waals surface area (Å²) < 4.78 is 20.3. The van der Waals surface area contributed by atoms with Gasteiger partial charge in [-0.25, -0.2) is 9.07 Å². The first-order valence-corrected chi connectivity index (χ1v) is 11.1. The van der Waals surface area contributed by atoms with Crippen molar-refractivity contribution in [2.75, 3.05) is 26.2 Å². The molecule has 1 fully saturated rings. The first kappa shape index (κ1) is 21.9. The summed E-state index contributed by atoms with van der Waals surface area (Å²) in [6, 6.07) is 17.9. The van der Waals surface area contributed by atoms with Crippen molar-refractivity contribution in [2.45, 2.75) is 0 Å². The number of halogens is 2. The van der Waals surface area contributed by atoms with Crippen molar-refractivity contribution in [2.24, 2.45) is 0 Å². The third kappa shape index (κ3) is 4.32. The van der Waals surface area contributed by atoms with Crippen molar-refractivity contribution in [3.63, 3.8) is 0 Å². The Bertz CT molecular complexity index is 1330. The predicted molar refractivity (Wildman–Crippen MR) is 124 cm³/mol. The van der Waals surface area contributed by atoms with E-state index in [2.05, 4.69) is 5.10 Å². The second kappa shape index (κ2) is 9.15. The number of hydrogen-bond donors (Lipinski definition) is 0. The zero-order valence-corrected chi connectivity index (χ0v) is 18.8. The summed E-state index contributed by atoms with van der Waals surface area (Å²) in [4.78, 5) is 29.3. The number of piperazine rings is 1. The number of hydrogen-bond acceptors (Lipinski definition) is 4. The van der Waals surface area contributed by atoms with Gasteiger partial charge in [-0.15, -0.1) is 0 Å². The molecule has 5 rings (SSSR count). The van der Waals surface area contributed by atoms with Crippen molar-refractivity contribution in [1.82, 2.24) is 19.6 Å². The number of furan rings is 1. The number of aromatic nitrogens is 2. The van der Waals surface area contributed by atoms with Crippen molar-refractivity contribution >= 4 is 23.4 Å². The largest absolute Gasteiger partial charge is 0.463 e. The molecule has 172 valence electrons. The molecule has 0 aliphatic carbocycles. The van der Waals surface area contributed by atoms with E-state index in [0.29, 0.717) is 53.9 Å². The van der Waals surface area contributed by atoms with Gasteiger partial charge >= 0.3 is 0 Å².